The normalized spacial score (nSPS) is 18.7. The van der Waals surface area contributed by atoms with Crippen LogP contribution in [0.15, 0.2) is 42.5 Å². The maximum absolute atomic E-state index is 13.3. The molecule has 0 saturated carbocycles. The Kier molecular flexibility index (Phi) is 9.89. The molecule has 0 spiro atoms. The van der Waals surface area contributed by atoms with Crippen LogP contribution in [-0.2, 0) is 23.6 Å². The number of piperidine rings is 2. The van der Waals surface area contributed by atoms with Crippen molar-refractivity contribution in [3.05, 3.63) is 64.7 Å². The number of carbonyl (C=O) groups is 1. The molecule has 2 saturated heterocycles. The average Bonchev–Trinajstić information content (AvgIpc) is 2.95. The van der Waals surface area contributed by atoms with Crippen molar-refractivity contribution in [2.45, 2.75) is 63.0 Å². The van der Waals surface area contributed by atoms with E-state index in [0.717, 1.165) is 44.6 Å². The van der Waals surface area contributed by atoms with Gasteiger partial charge in [-0.2, -0.15) is 26.3 Å². The van der Waals surface area contributed by atoms with Crippen LogP contribution in [0.5, 0.6) is 5.75 Å². The van der Waals surface area contributed by atoms with Crippen LogP contribution in [-0.4, -0.2) is 73.5 Å². The van der Waals surface area contributed by atoms with Crippen LogP contribution in [0, 0.1) is 0 Å². The number of likely N-dealkylation sites (tertiary alicyclic amines) is 2. The highest BCUT2D eigenvalue weighted by atomic mass is 19.4. The predicted molar refractivity (Wildman–Crippen MR) is 144 cm³/mol. The highest BCUT2D eigenvalue weighted by Crippen LogP contribution is 2.37. The molecule has 226 valence electrons. The average molecular weight is 586 g/mol. The summed E-state index contributed by atoms with van der Waals surface area (Å²) in [6.45, 7) is 4.09. The summed E-state index contributed by atoms with van der Waals surface area (Å²) in [5, 5.41) is 0. The predicted octanol–water partition coefficient (Wildman–Crippen LogP) is 6.43. The van der Waals surface area contributed by atoms with Crippen molar-refractivity contribution < 1.29 is 35.9 Å². The molecule has 0 aliphatic carbocycles. The Morgan fingerprint density at radius 2 is 1.54 bits per heavy atom. The monoisotopic (exact) mass is 585 g/mol. The van der Waals surface area contributed by atoms with E-state index in [1.165, 1.54) is 31.2 Å². The summed E-state index contributed by atoms with van der Waals surface area (Å²) in [7, 11) is 3.10. The Morgan fingerprint density at radius 1 is 0.927 bits per heavy atom. The minimum atomic E-state index is -4.97. The number of rotatable bonds is 8. The minimum Gasteiger partial charge on any atom is -0.497 e. The molecule has 0 radical (unpaired) electrons. The van der Waals surface area contributed by atoms with Crippen LogP contribution in [0.1, 0.15) is 60.4 Å². The number of benzene rings is 2. The number of hydrogen-bond donors (Lipinski definition) is 0. The number of carbonyl (C=O) groups excluding carboxylic acids is 1. The third-order valence-corrected chi connectivity index (χ3v) is 8.20. The van der Waals surface area contributed by atoms with E-state index >= 15 is 0 Å². The molecule has 2 aliphatic heterocycles. The molecular formula is C30H37F6N3O2. The highest BCUT2D eigenvalue weighted by Gasteiger charge is 2.37. The van der Waals surface area contributed by atoms with Gasteiger partial charge < -0.3 is 14.5 Å². The van der Waals surface area contributed by atoms with E-state index < -0.39 is 35.8 Å². The van der Waals surface area contributed by atoms with Gasteiger partial charge in [0.05, 0.1) is 30.7 Å². The van der Waals surface area contributed by atoms with Gasteiger partial charge in [-0.25, -0.2) is 0 Å². The smallest absolute Gasteiger partial charge is 0.416 e. The van der Waals surface area contributed by atoms with Gasteiger partial charge in [-0.3, -0.25) is 9.69 Å². The first kappa shape index (κ1) is 31.2. The third kappa shape index (κ3) is 8.16. The lowest BCUT2D eigenvalue weighted by atomic mass is 9.96. The van der Waals surface area contributed by atoms with Gasteiger partial charge in [-0.15, -0.1) is 0 Å². The maximum atomic E-state index is 13.3. The summed E-state index contributed by atoms with van der Waals surface area (Å²) < 4.78 is 85.4. The Labute approximate surface area is 237 Å². The second-order valence-corrected chi connectivity index (χ2v) is 11.0. The summed E-state index contributed by atoms with van der Waals surface area (Å²) >= 11 is 0. The molecule has 41 heavy (non-hydrogen) atoms. The molecule has 1 amide bonds. The molecule has 2 aromatic rings. The summed E-state index contributed by atoms with van der Waals surface area (Å²) in [6, 6.07) is 9.15. The second-order valence-electron chi connectivity index (χ2n) is 11.0. The molecule has 0 N–H and O–H groups in total. The van der Waals surface area contributed by atoms with Crippen molar-refractivity contribution in [3.63, 3.8) is 0 Å². The van der Waals surface area contributed by atoms with Crippen molar-refractivity contribution in [1.29, 1.82) is 0 Å². The fraction of sp³-hybridized carbons (Fsp3) is 0.567. The molecule has 5 nitrogen and oxygen atoms in total. The Balaban J connectivity index is 1.51. The van der Waals surface area contributed by atoms with Crippen LogP contribution >= 0.6 is 0 Å². The van der Waals surface area contributed by atoms with E-state index in [4.69, 9.17) is 4.74 Å². The zero-order valence-electron chi connectivity index (χ0n) is 23.4. The molecule has 11 heteroatoms. The highest BCUT2D eigenvalue weighted by molar-refractivity contribution is 5.78. The van der Waals surface area contributed by atoms with E-state index in [-0.39, 0.29) is 24.2 Å². The molecule has 1 unspecified atom stereocenters. The number of methoxy groups -OCH3 is 1. The number of alkyl halides is 6. The lowest BCUT2D eigenvalue weighted by Gasteiger charge is -2.43. The van der Waals surface area contributed by atoms with Crippen molar-refractivity contribution in [2.24, 2.45) is 0 Å². The fourth-order valence-electron chi connectivity index (χ4n) is 5.92. The SMILES string of the molecule is COc1cccc(C(CN(C)C(=O)Cc2cc(C(F)(F)F)cc(C(F)(F)F)c2)N2CCC(N3CCCCC3)CC2)c1. The minimum absolute atomic E-state index is 0.0734. The first-order chi connectivity index (χ1) is 19.3. The van der Waals surface area contributed by atoms with Gasteiger partial charge in [0.15, 0.2) is 0 Å². The summed E-state index contributed by atoms with van der Waals surface area (Å²) in [4.78, 5) is 19.5. The number of amides is 1. The van der Waals surface area contributed by atoms with Gasteiger partial charge in [0.25, 0.3) is 0 Å². The molecule has 0 bridgehead atoms. The van der Waals surface area contributed by atoms with Gasteiger partial charge >= 0.3 is 12.4 Å². The molecule has 2 heterocycles. The van der Waals surface area contributed by atoms with Gasteiger partial charge in [0.2, 0.25) is 5.91 Å². The van der Waals surface area contributed by atoms with Crippen LogP contribution in [0.4, 0.5) is 26.3 Å². The molecule has 4 rings (SSSR count). The Morgan fingerprint density at radius 3 is 2.10 bits per heavy atom. The quantitative estimate of drug-likeness (QED) is 0.335. The first-order valence-electron chi connectivity index (χ1n) is 14.0. The summed E-state index contributed by atoms with van der Waals surface area (Å²) in [6.07, 6.45) is -4.83. The third-order valence-electron chi connectivity index (χ3n) is 8.20. The Bertz CT molecular complexity index is 1140. The number of hydrogen-bond acceptors (Lipinski definition) is 4. The summed E-state index contributed by atoms with van der Waals surface area (Å²) in [5.41, 5.74) is -2.25. The topological polar surface area (TPSA) is 36.0 Å². The molecule has 0 aromatic heterocycles. The molecule has 2 aliphatic rings. The van der Waals surface area contributed by atoms with Gasteiger partial charge in [0, 0.05) is 32.7 Å². The van der Waals surface area contributed by atoms with Crippen LogP contribution < -0.4 is 4.74 Å². The van der Waals surface area contributed by atoms with Crippen molar-refractivity contribution in [2.75, 3.05) is 46.9 Å². The van der Waals surface area contributed by atoms with E-state index in [2.05, 4.69) is 9.80 Å². The van der Waals surface area contributed by atoms with E-state index in [1.54, 1.807) is 7.11 Å². The maximum Gasteiger partial charge on any atom is 0.416 e. The van der Waals surface area contributed by atoms with Crippen LogP contribution in [0.3, 0.4) is 0 Å². The number of likely N-dealkylation sites (N-methyl/N-ethyl adjacent to an activating group) is 1. The van der Waals surface area contributed by atoms with Crippen LogP contribution in [0.2, 0.25) is 0 Å². The standard InChI is InChI=1S/C30H37F6N3O2/c1-37(28(40)17-21-15-23(29(31,32)33)19-24(16-21)30(34,35)36)20-27(22-7-6-8-26(18-22)41-2)39-13-9-25(10-14-39)38-11-4-3-5-12-38/h6-8,15-16,18-19,25,27H,3-5,9-14,17,20H2,1-2H3. The lowest BCUT2D eigenvalue weighted by molar-refractivity contribution is -0.143. The van der Waals surface area contributed by atoms with Gasteiger partial charge in [-0.05, 0) is 80.2 Å². The van der Waals surface area contributed by atoms with Crippen molar-refractivity contribution in [1.82, 2.24) is 14.7 Å². The van der Waals surface area contributed by atoms with Gasteiger partial charge in [-0.1, -0.05) is 18.6 Å². The number of halogens is 6. The molecular weight excluding hydrogens is 548 g/mol. The van der Waals surface area contributed by atoms with Crippen LogP contribution in [0.25, 0.3) is 0 Å². The zero-order chi connectivity index (χ0) is 29.8. The fourth-order valence-corrected chi connectivity index (χ4v) is 5.92. The van der Waals surface area contributed by atoms with Crippen molar-refractivity contribution >= 4 is 5.91 Å². The Hall–Kier alpha value is -2.79. The summed E-state index contributed by atoms with van der Waals surface area (Å²) in [5.74, 6) is 0.0990. The van der Waals surface area contributed by atoms with E-state index in [1.807, 2.05) is 24.3 Å². The first-order valence-corrected chi connectivity index (χ1v) is 14.0. The second kappa shape index (κ2) is 13.0. The molecule has 2 fully saturated rings. The van der Waals surface area contributed by atoms with E-state index in [0.29, 0.717) is 23.9 Å². The largest absolute Gasteiger partial charge is 0.497 e. The molecule has 1 atom stereocenters. The van der Waals surface area contributed by atoms with E-state index in [9.17, 15) is 31.1 Å². The number of nitrogens with zero attached hydrogens (tertiary/aromatic N) is 3. The van der Waals surface area contributed by atoms with Crippen molar-refractivity contribution in [3.8, 4) is 5.75 Å². The number of ether oxygens (including phenoxy) is 1. The van der Waals surface area contributed by atoms with Gasteiger partial charge in [0.1, 0.15) is 5.75 Å². The zero-order valence-corrected chi connectivity index (χ0v) is 23.4. The molecule has 2 aromatic carbocycles. The lowest BCUT2D eigenvalue weighted by Crippen LogP contribution is -2.49.